The Labute approximate surface area is 215 Å². The quantitative estimate of drug-likeness (QED) is 0.402. The van der Waals surface area contributed by atoms with Gasteiger partial charge in [0.25, 0.3) is 5.91 Å². The number of nitrogens with one attached hydrogen (secondary N) is 1. The van der Waals surface area contributed by atoms with Crippen molar-refractivity contribution in [2.45, 2.75) is 56.8 Å². The van der Waals surface area contributed by atoms with Crippen LogP contribution >= 0.6 is 0 Å². The van der Waals surface area contributed by atoms with Crippen LogP contribution in [0.25, 0.3) is 22.3 Å². The van der Waals surface area contributed by atoms with Crippen molar-refractivity contribution in [3.63, 3.8) is 0 Å². The molecule has 4 heterocycles. The third kappa shape index (κ3) is 3.23. The van der Waals surface area contributed by atoms with Gasteiger partial charge in [0, 0.05) is 15.2 Å². The third-order valence-electron chi connectivity index (χ3n) is 7.90. The molecule has 1 amide bonds. The monoisotopic (exact) mass is 504 g/mol. The van der Waals surface area contributed by atoms with Gasteiger partial charge >= 0.3 is 6.61 Å². The predicted octanol–water partition coefficient (Wildman–Crippen LogP) is 5.12. The van der Waals surface area contributed by atoms with Crippen LogP contribution in [-0.4, -0.2) is 27.1 Å². The van der Waals surface area contributed by atoms with E-state index in [0.717, 1.165) is 24.8 Å². The molecule has 2 atom stereocenters. The topological polar surface area (TPSA) is 95.1 Å². The highest BCUT2D eigenvalue weighted by molar-refractivity contribution is 5.99. The number of imidazole rings is 1. The van der Waals surface area contributed by atoms with Crippen molar-refractivity contribution in [2.24, 2.45) is 5.73 Å². The zero-order valence-electron chi connectivity index (χ0n) is 22.7. The number of aromatic nitrogens is 3. The average Bonchev–Trinajstić information content (AvgIpc) is 3.39. The number of para-hydroxylation sites is 2. The van der Waals surface area contributed by atoms with Crippen molar-refractivity contribution >= 4 is 16.9 Å². The van der Waals surface area contributed by atoms with Crippen molar-refractivity contribution in [3.05, 3.63) is 76.7 Å². The van der Waals surface area contributed by atoms with Crippen LogP contribution in [0.3, 0.4) is 0 Å². The van der Waals surface area contributed by atoms with E-state index < -0.39 is 48.3 Å². The molecule has 0 unspecified atom stereocenters. The van der Waals surface area contributed by atoms with Crippen LogP contribution in [0, 0.1) is 6.85 Å². The van der Waals surface area contributed by atoms with Gasteiger partial charge in [0.15, 0.2) is 0 Å². The molecule has 2 aromatic heterocycles. The summed E-state index contributed by atoms with van der Waals surface area (Å²) >= 11 is 0. The van der Waals surface area contributed by atoms with Crippen LogP contribution in [0.5, 0.6) is 5.75 Å². The molecule has 4 aromatic rings. The number of hydrogen-bond donors (Lipinski definition) is 2. The Kier molecular flexibility index (Phi) is 4.08. The third-order valence-corrected chi connectivity index (χ3v) is 7.90. The number of carbonyl (C=O) groups is 1. The molecule has 7 rings (SSSR count). The number of hydrogen-bond acceptors (Lipinski definition) is 5. The summed E-state index contributed by atoms with van der Waals surface area (Å²) in [5.41, 5.74) is 7.85. The van der Waals surface area contributed by atoms with Gasteiger partial charge in [0.1, 0.15) is 11.6 Å². The van der Waals surface area contributed by atoms with Crippen molar-refractivity contribution in [1.29, 1.82) is 0 Å². The van der Waals surface area contributed by atoms with E-state index in [2.05, 4.69) is 10.3 Å². The van der Waals surface area contributed by atoms with Gasteiger partial charge in [-0.3, -0.25) is 9.78 Å². The van der Waals surface area contributed by atoms with Crippen LogP contribution in [-0.2, 0) is 5.54 Å². The van der Waals surface area contributed by atoms with E-state index >= 15 is 0 Å². The lowest BCUT2D eigenvalue weighted by atomic mass is 9.75. The summed E-state index contributed by atoms with van der Waals surface area (Å²) in [5, 5.41) is 2.98. The Balaban J connectivity index is 1.53. The van der Waals surface area contributed by atoms with Crippen LogP contribution in [0.4, 0.5) is 8.78 Å². The number of nitrogens with zero attached hydrogens (tertiary/aromatic N) is 3. The molecular formula is C28H25F2N5O2. The second-order valence-electron chi connectivity index (χ2n) is 9.99. The summed E-state index contributed by atoms with van der Waals surface area (Å²) in [6, 6.07) is 12.7. The van der Waals surface area contributed by atoms with E-state index in [1.165, 1.54) is 6.07 Å². The van der Waals surface area contributed by atoms with Gasteiger partial charge in [-0.25, -0.2) is 4.98 Å². The molecule has 1 aliphatic carbocycles. The number of halogens is 2. The summed E-state index contributed by atoms with van der Waals surface area (Å²) in [4.78, 5) is 23.0. The standard InChI is InChI=1S/C28H25F2N5O2/c1-14-23-16(26(36)34-19-13-21(23)35-20-8-3-2-6-18(20)33-25(19)35)12-15(24(14)37-27(29)30)17-7-4-9-22(32-17)28(31)10-5-11-28/h2-4,6-9,12,19,21,27H,5,10-11,13,31H2,1H3,(H,34,36)/t19-,21-/m1/s1/i1D3. The van der Waals surface area contributed by atoms with Crippen LogP contribution in [0.15, 0.2) is 48.5 Å². The number of amides is 1. The highest BCUT2D eigenvalue weighted by atomic mass is 19.3. The zero-order valence-corrected chi connectivity index (χ0v) is 19.7. The van der Waals surface area contributed by atoms with Gasteiger partial charge in [0.05, 0.1) is 40.0 Å². The molecule has 0 radical (unpaired) electrons. The number of nitrogens with two attached hydrogens (primary N) is 1. The molecule has 1 fully saturated rings. The summed E-state index contributed by atoms with van der Waals surface area (Å²) in [6.07, 6.45) is 2.71. The first kappa shape index (κ1) is 19.3. The van der Waals surface area contributed by atoms with Crippen molar-refractivity contribution in [1.82, 2.24) is 19.9 Å². The second-order valence-corrected chi connectivity index (χ2v) is 9.99. The summed E-state index contributed by atoms with van der Waals surface area (Å²) in [6.45, 7) is -6.21. The van der Waals surface area contributed by atoms with Crippen molar-refractivity contribution in [3.8, 4) is 17.0 Å². The molecule has 37 heavy (non-hydrogen) atoms. The fourth-order valence-electron chi connectivity index (χ4n) is 5.97. The number of fused-ring (bicyclic) bond motifs is 9. The number of rotatable bonds is 4. The first-order valence-electron chi connectivity index (χ1n) is 13.8. The van der Waals surface area contributed by atoms with Crippen LogP contribution < -0.4 is 15.8 Å². The van der Waals surface area contributed by atoms with Gasteiger partial charge in [0.2, 0.25) is 0 Å². The highest BCUT2D eigenvalue weighted by Gasteiger charge is 2.42. The van der Waals surface area contributed by atoms with E-state index in [1.54, 1.807) is 18.2 Å². The molecule has 188 valence electrons. The highest BCUT2D eigenvalue weighted by Crippen LogP contribution is 2.49. The molecule has 7 nitrogen and oxygen atoms in total. The van der Waals surface area contributed by atoms with Crippen molar-refractivity contribution < 1.29 is 22.4 Å². The molecule has 0 spiro atoms. The summed E-state index contributed by atoms with van der Waals surface area (Å²) in [7, 11) is 0. The molecule has 3 aliphatic rings. The summed E-state index contributed by atoms with van der Waals surface area (Å²) < 4.78 is 60.2. The minimum absolute atomic E-state index is 0.00131. The Hall–Kier alpha value is -3.85. The SMILES string of the molecule is [2H]C([2H])([2H])c1c(OC(F)F)c(-c2cccc(C3(N)CCC3)n2)cc2c1[C@H]1C[C@@H](NC2=O)c2nc3ccccc3n21. The molecule has 2 aromatic carbocycles. The van der Waals surface area contributed by atoms with E-state index in [-0.39, 0.29) is 22.4 Å². The number of ether oxygens (including phenoxy) is 1. The van der Waals surface area contributed by atoms with Gasteiger partial charge < -0.3 is 20.4 Å². The largest absolute Gasteiger partial charge is 0.434 e. The van der Waals surface area contributed by atoms with Gasteiger partial charge in [-0.2, -0.15) is 8.78 Å². The lowest BCUT2D eigenvalue weighted by Crippen LogP contribution is -2.44. The Bertz CT molecular complexity index is 1700. The normalized spacial score (nSPS) is 22.8. The molecule has 2 bridgehead atoms. The van der Waals surface area contributed by atoms with E-state index in [4.69, 9.17) is 19.6 Å². The van der Waals surface area contributed by atoms with Crippen LogP contribution in [0.1, 0.15) is 74.9 Å². The number of pyridine rings is 1. The first-order valence-corrected chi connectivity index (χ1v) is 12.3. The lowest BCUT2D eigenvalue weighted by Gasteiger charge is -2.37. The maximum absolute atomic E-state index is 13.9. The fraction of sp³-hybridized carbons (Fsp3) is 0.321. The van der Waals surface area contributed by atoms with Gasteiger partial charge in [-0.15, -0.1) is 0 Å². The maximum Gasteiger partial charge on any atom is 0.387 e. The second kappa shape index (κ2) is 7.82. The predicted molar refractivity (Wildman–Crippen MR) is 133 cm³/mol. The van der Waals surface area contributed by atoms with Gasteiger partial charge in [-0.1, -0.05) is 18.2 Å². The number of alkyl halides is 2. The molecule has 9 heteroatoms. The van der Waals surface area contributed by atoms with Crippen molar-refractivity contribution in [2.75, 3.05) is 0 Å². The number of carbonyl (C=O) groups excluding carboxylic acids is 1. The molecule has 2 aliphatic heterocycles. The Morgan fingerprint density at radius 1 is 1.19 bits per heavy atom. The maximum atomic E-state index is 13.9. The Morgan fingerprint density at radius 3 is 2.78 bits per heavy atom. The smallest absolute Gasteiger partial charge is 0.387 e. The fourth-order valence-corrected chi connectivity index (χ4v) is 5.97. The molecule has 1 saturated carbocycles. The minimum atomic E-state index is -3.31. The molecule has 0 saturated heterocycles. The van der Waals surface area contributed by atoms with E-state index in [9.17, 15) is 13.6 Å². The van der Waals surface area contributed by atoms with E-state index in [0.29, 0.717) is 23.5 Å². The first-order chi connectivity index (χ1) is 19.0. The molecular weight excluding hydrogens is 476 g/mol. The number of benzene rings is 2. The zero-order chi connectivity index (χ0) is 28.0. The lowest BCUT2D eigenvalue weighted by molar-refractivity contribution is -0.0499. The molecule has 3 N–H and O–H groups in total. The van der Waals surface area contributed by atoms with Gasteiger partial charge in [-0.05, 0) is 74.0 Å². The van der Waals surface area contributed by atoms with Crippen LogP contribution in [0.2, 0.25) is 0 Å². The Morgan fingerprint density at radius 2 is 2.03 bits per heavy atom. The minimum Gasteiger partial charge on any atom is -0.434 e. The van der Waals surface area contributed by atoms with E-state index in [1.807, 2.05) is 28.8 Å². The summed E-state index contributed by atoms with van der Waals surface area (Å²) in [5.74, 6) is -0.436. The average molecular weight is 505 g/mol.